The minimum atomic E-state index is -3.98. The number of rotatable bonds is 13. The first-order valence-corrected chi connectivity index (χ1v) is 14.7. The van der Waals surface area contributed by atoms with Crippen LogP contribution in [0.15, 0.2) is 59.5 Å². The van der Waals surface area contributed by atoms with Crippen LogP contribution < -0.4 is 5.32 Å². The Hall–Kier alpha value is -2.97. The van der Waals surface area contributed by atoms with E-state index in [9.17, 15) is 18.3 Å². The van der Waals surface area contributed by atoms with Gasteiger partial charge in [0.2, 0.25) is 10.0 Å². The predicted molar refractivity (Wildman–Crippen MR) is 156 cm³/mol. The second-order valence-corrected chi connectivity index (χ2v) is 13.7. The Labute approximate surface area is 239 Å². The number of nitrogens with zero attached hydrogens (tertiary/aromatic N) is 2. The number of sulfonamides is 1. The van der Waals surface area contributed by atoms with Gasteiger partial charge in [-0.1, -0.05) is 61.9 Å². The maximum Gasteiger partial charge on any atom is 0.407 e. The molecule has 4 N–H and O–H groups in total. The molecule has 2 aromatic rings. The van der Waals surface area contributed by atoms with Gasteiger partial charge in [0, 0.05) is 19.5 Å². The third kappa shape index (κ3) is 11.6. The standard InChI is InChI=1S/C30H43N3O5S.H2O/c1-23-14-16-25(17-15-23)39(36,37)33(22-30(5,6)18-10-11-19-31)21-27(34)26(20-24-12-8-7-9-13-24)32-28(35)38-29(2,3)4;/h7-9,12-17,26-27,34H,10-11,18,20-22H2,1-6H3,(H,32,35);1H2/t26-,27?;/m0./s1. The molecule has 1 amide bonds. The summed E-state index contributed by atoms with van der Waals surface area (Å²) in [5.74, 6) is 0. The number of carbonyl (C=O) groups excluding carboxylic acids is 1. The number of aryl methyl sites for hydroxylation is 1. The SMILES string of the molecule is Cc1ccc(S(=O)(=O)N(CC(O)[C@H](Cc2ccccc2)NC(=O)OC(C)(C)C)CC(C)(C)CCCC#N)cc1.O. The van der Waals surface area contributed by atoms with Gasteiger partial charge in [-0.15, -0.1) is 0 Å². The quantitative estimate of drug-likeness (QED) is 0.338. The first kappa shape index (κ1) is 35.1. The van der Waals surface area contributed by atoms with Crippen molar-refractivity contribution >= 4 is 16.1 Å². The van der Waals surface area contributed by atoms with Crippen LogP contribution >= 0.6 is 0 Å². The van der Waals surface area contributed by atoms with Crippen LogP contribution in [0, 0.1) is 23.7 Å². The van der Waals surface area contributed by atoms with Gasteiger partial charge in [0.25, 0.3) is 0 Å². The smallest absolute Gasteiger partial charge is 0.407 e. The molecule has 0 aliphatic carbocycles. The van der Waals surface area contributed by atoms with Crippen molar-refractivity contribution in [3.8, 4) is 6.07 Å². The van der Waals surface area contributed by atoms with E-state index in [2.05, 4.69) is 11.4 Å². The summed E-state index contributed by atoms with van der Waals surface area (Å²) < 4.78 is 34.4. The van der Waals surface area contributed by atoms with Gasteiger partial charge in [0.15, 0.2) is 0 Å². The third-order valence-electron chi connectivity index (χ3n) is 6.26. The Bertz CT molecular complexity index is 1200. The van der Waals surface area contributed by atoms with E-state index in [4.69, 9.17) is 10.00 Å². The van der Waals surface area contributed by atoms with Gasteiger partial charge in [-0.2, -0.15) is 9.57 Å². The summed E-state index contributed by atoms with van der Waals surface area (Å²) in [5, 5.41) is 23.2. The Morgan fingerprint density at radius 3 is 2.23 bits per heavy atom. The molecule has 2 atom stereocenters. The molecule has 10 heteroatoms. The number of unbranched alkanes of at least 4 members (excludes halogenated alkanes) is 1. The summed E-state index contributed by atoms with van der Waals surface area (Å²) in [6.07, 6.45) is 0.0303. The molecule has 222 valence electrons. The zero-order valence-electron chi connectivity index (χ0n) is 24.5. The van der Waals surface area contributed by atoms with Crippen LogP contribution in [0.2, 0.25) is 0 Å². The van der Waals surface area contributed by atoms with Gasteiger partial charge in [0.05, 0.1) is 23.1 Å². The molecule has 2 aromatic carbocycles. The maximum atomic E-state index is 13.8. The van der Waals surface area contributed by atoms with Gasteiger partial charge in [0.1, 0.15) is 5.60 Å². The predicted octanol–water partition coefficient (Wildman–Crippen LogP) is 4.38. The number of aliphatic hydroxyl groups is 1. The first-order chi connectivity index (χ1) is 18.1. The molecule has 0 aliphatic rings. The van der Waals surface area contributed by atoms with Crippen LogP contribution in [0.4, 0.5) is 4.79 Å². The van der Waals surface area contributed by atoms with Crippen molar-refractivity contribution in [2.45, 2.75) is 89.9 Å². The molecular formula is C30H45N3O6S. The molecule has 0 fully saturated rings. The molecule has 0 saturated carbocycles. The average Bonchev–Trinajstić information content (AvgIpc) is 2.83. The highest BCUT2D eigenvalue weighted by molar-refractivity contribution is 7.89. The first-order valence-electron chi connectivity index (χ1n) is 13.3. The molecule has 2 rings (SSSR count). The zero-order valence-corrected chi connectivity index (χ0v) is 25.3. The Kier molecular flexibility index (Phi) is 13.3. The maximum absolute atomic E-state index is 13.8. The number of benzene rings is 2. The Morgan fingerprint density at radius 2 is 1.68 bits per heavy atom. The number of hydrogen-bond donors (Lipinski definition) is 2. The van der Waals surface area contributed by atoms with Crippen molar-refractivity contribution < 1.29 is 28.5 Å². The summed E-state index contributed by atoms with van der Waals surface area (Å²) in [4.78, 5) is 12.8. The number of ether oxygens (including phenoxy) is 1. The Balaban J connectivity index is 0.00000800. The summed E-state index contributed by atoms with van der Waals surface area (Å²) in [6.45, 7) is 10.9. The van der Waals surface area contributed by atoms with E-state index in [-0.39, 0.29) is 29.9 Å². The minimum absolute atomic E-state index is 0. The normalized spacial score (nSPS) is 13.6. The molecule has 0 aliphatic heterocycles. The molecule has 9 nitrogen and oxygen atoms in total. The Morgan fingerprint density at radius 1 is 1.07 bits per heavy atom. The number of aliphatic hydroxyl groups excluding tert-OH is 1. The van der Waals surface area contributed by atoms with Gasteiger partial charge in [-0.05, 0) is 70.1 Å². The van der Waals surface area contributed by atoms with Gasteiger partial charge >= 0.3 is 6.09 Å². The second kappa shape index (κ2) is 15.1. The molecule has 0 radical (unpaired) electrons. The van der Waals surface area contributed by atoms with E-state index < -0.39 is 39.3 Å². The molecule has 0 aromatic heterocycles. The molecule has 0 saturated heterocycles. The molecule has 40 heavy (non-hydrogen) atoms. The number of amides is 1. The molecule has 0 heterocycles. The topological polar surface area (TPSA) is 151 Å². The van der Waals surface area contributed by atoms with Crippen LogP contribution in [0.3, 0.4) is 0 Å². The summed E-state index contributed by atoms with van der Waals surface area (Å²) in [7, 11) is -3.98. The highest BCUT2D eigenvalue weighted by Gasteiger charge is 2.35. The fourth-order valence-electron chi connectivity index (χ4n) is 4.26. The van der Waals surface area contributed by atoms with Crippen molar-refractivity contribution in [2.75, 3.05) is 13.1 Å². The summed E-state index contributed by atoms with van der Waals surface area (Å²) in [6, 6.07) is 17.3. The van der Waals surface area contributed by atoms with E-state index in [1.807, 2.05) is 51.1 Å². The molecule has 0 bridgehead atoms. The van der Waals surface area contributed by atoms with Crippen LogP contribution in [0.1, 0.15) is 65.0 Å². The lowest BCUT2D eigenvalue weighted by molar-refractivity contribution is 0.0391. The summed E-state index contributed by atoms with van der Waals surface area (Å²) >= 11 is 0. The largest absolute Gasteiger partial charge is 0.444 e. The van der Waals surface area contributed by atoms with E-state index in [0.717, 1.165) is 11.1 Å². The lowest BCUT2D eigenvalue weighted by Gasteiger charge is -2.35. The van der Waals surface area contributed by atoms with E-state index in [0.29, 0.717) is 19.3 Å². The average molecular weight is 576 g/mol. The lowest BCUT2D eigenvalue weighted by atomic mass is 9.87. The number of hydrogen-bond acceptors (Lipinski definition) is 6. The van der Waals surface area contributed by atoms with Gasteiger partial charge < -0.3 is 20.6 Å². The highest BCUT2D eigenvalue weighted by Crippen LogP contribution is 2.28. The van der Waals surface area contributed by atoms with Crippen LogP contribution in [-0.4, -0.2) is 60.2 Å². The zero-order chi connectivity index (χ0) is 29.3. The fourth-order valence-corrected chi connectivity index (χ4v) is 5.90. The van der Waals surface area contributed by atoms with Crippen molar-refractivity contribution in [3.63, 3.8) is 0 Å². The van der Waals surface area contributed by atoms with Gasteiger partial charge in [-0.3, -0.25) is 0 Å². The minimum Gasteiger partial charge on any atom is -0.444 e. The van der Waals surface area contributed by atoms with Crippen molar-refractivity contribution in [3.05, 3.63) is 65.7 Å². The van der Waals surface area contributed by atoms with Crippen molar-refractivity contribution in [1.29, 1.82) is 5.26 Å². The number of nitriles is 1. The second-order valence-electron chi connectivity index (χ2n) is 11.8. The number of carbonyl (C=O) groups is 1. The van der Waals surface area contributed by atoms with Crippen LogP contribution in [0.5, 0.6) is 0 Å². The monoisotopic (exact) mass is 575 g/mol. The number of nitrogens with one attached hydrogen (secondary N) is 1. The van der Waals surface area contributed by atoms with E-state index >= 15 is 0 Å². The number of alkyl carbamates (subject to hydrolysis) is 1. The third-order valence-corrected chi connectivity index (χ3v) is 8.09. The molecule has 1 unspecified atom stereocenters. The van der Waals surface area contributed by atoms with E-state index in [1.54, 1.807) is 45.0 Å². The van der Waals surface area contributed by atoms with Gasteiger partial charge in [-0.25, -0.2) is 13.2 Å². The van der Waals surface area contributed by atoms with E-state index in [1.165, 1.54) is 4.31 Å². The van der Waals surface area contributed by atoms with Crippen molar-refractivity contribution in [1.82, 2.24) is 9.62 Å². The summed E-state index contributed by atoms with van der Waals surface area (Å²) in [5.41, 5.74) is 0.617. The molecular weight excluding hydrogens is 530 g/mol. The van der Waals surface area contributed by atoms with Crippen LogP contribution in [-0.2, 0) is 21.2 Å². The van der Waals surface area contributed by atoms with Crippen LogP contribution in [0.25, 0.3) is 0 Å². The lowest BCUT2D eigenvalue weighted by Crippen LogP contribution is -2.52. The highest BCUT2D eigenvalue weighted by atomic mass is 32.2. The fraction of sp³-hybridized carbons (Fsp3) is 0.533. The molecule has 0 spiro atoms. The van der Waals surface area contributed by atoms with Crippen molar-refractivity contribution in [2.24, 2.45) is 5.41 Å².